The molecule has 2 aromatic carbocycles. The predicted octanol–water partition coefficient (Wildman–Crippen LogP) is 3.60. The van der Waals surface area contributed by atoms with E-state index in [1.165, 1.54) is 0 Å². The summed E-state index contributed by atoms with van der Waals surface area (Å²) in [5.41, 5.74) is 3.52. The zero-order chi connectivity index (χ0) is 26.1. The molecule has 8 bridgehead atoms. The van der Waals surface area contributed by atoms with Gasteiger partial charge in [0.1, 0.15) is 18.1 Å². The van der Waals surface area contributed by atoms with Gasteiger partial charge in [0.2, 0.25) is 0 Å². The number of rotatable bonds is 1. The molecular formula is C29H35N5O4. The quantitative estimate of drug-likeness (QED) is 0.528. The van der Waals surface area contributed by atoms with Crippen LogP contribution in [0.25, 0.3) is 0 Å². The lowest BCUT2D eigenvalue weighted by molar-refractivity contribution is 0.0822. The Morgan fingerprint density at radius 2 is 1.95 bits per heavy atom. The van der Waals surface area contributed by atoms with Crippen molar-refractivity contribution in [3.63, 3.8) is 0 Å². The highest BCUT2D eigenvalue weighted by atomic mass is 16.5. The molecule has 38 heavy (non-hydrogen) atoms. The second-order valence-corrected chi connectivity index (χ2v) is 10.7. The van der Waals surface area contributed by atoms with Gasteiger partial charge in [-0.15, -0.1) is 5.10 Å². The number of ether oxygens (including phenoxy) is 3. The number of methoxy groups -OCH3 is 1. The number of hydrogen-bond acceptors (Lipinski definition) is 7. The predicted molar refractivity (Wildman–Crippen MR) is 141 cm³/mol. The molecule has 2 fully saturated rings. The van der Waals surface area contributed by atoms with Crippen LogP contribution >= 0.6 is 0 Å². The molecule has 3 aliphatic heterocycles. The lowest BCUT2D eigenvalue weighted by Crippen LogP contribution is -2.52. The van der Waals surface area contributed by atoms with Crippen LogP contribution in [0.3, 0.4) is 0 Å². The van der Waals surface area contributed by atoms with E-state index in [1.54, 1.807) is 7.11 Å². The van der Waals surface area contributed by atoms with Crippen LogP contribution in [-0.4, -0.2) is 58.6 Å². The minimum Gasteiger partial charge on any atom is -0.493 e. The molecule has 1 saturated carbocycles. The highest BCUT2D eigenvalue weighted by Gasteiger charge is 2.43. The molecular weight excluding hydrogens is 482 g/mol. The zero-order valence-electron chi connectivity index (χ0n) is 22.1. The van der Waals surface area contributed by atoms with Gasteiger partial charge >= 0.3 is 0 Å². The van der Waals surface area contributed by atoms with E-state index in [4.69, 9.17) is 14.2 Å². The van der Waals surface area contributed by atoms with Gasteiger partial charge in [-0.25, -0.2) is 0 Å². The summed E-state index contributed by atoms with van der Waals surface area (Å²) in [5, 5.41) is 11.9. The maximum atomic E-state index is 13.3. The summed E-state index contributed by atoms with van der Waals surface area (Å²) < 4.78 is 19.8. The van der Waals surface area contributed by atoms with Gasteiger partial charge in [-0.2, -0.15) is 0 Å². The molecule has 1 aliphatic carbocycles. The maximum absolute atomic E-state index is 13.3. The molecule has 1 amide bonds. The number of nitrogens with one attached hydrogen (secondary N) is 1. The van der Waals surface area contributed by atoms with Crippen molar-refractivity contribution >= 4 is 5.91 Å². The standard InChI is InChI=1S/C29H35N5O4/c1-19-7-8-20-13-26(19)37-12-4-11-34-17-24(31-32-34)18-38-28-23(5-3-6-25(28)36-2)16-33-14-21-9-10-22(15-33)27(21)30-29(20)35/h3,5-8,13,17,21-22,27H,4,9-12,14-16,18H2,1-2H3,(H,30,35)/t21-,22+,27?. The fourth-order valence-corrected chi connectivity index (χ4v) is 6.14. The number of nitrogens with zero attached hydrogens (tertiary/aromatic N) is 4. The number of aromatic nitrogens is 3. The summed E-state index contributed by atoms with van der Waals surface area (Å²) in [7, 11) is 1.67. The van der Waals surface area contributed by atoms with Crippen molar-refractivity contribution in [3.05, 3.63) is 65.0 Å². The van der Waals surface area contributed by atoms with E-state index in [2.05, 4.69) is 26.6 Å². The number of fused-ring (bicyclic) bond motifs is 5. The Bertz CT molecular complexity index is 1290. The normalized spacial score (nSPS) is 25.4. The number of hydrogen-bond donors (Lipinski definition) is 1. The lowest BCUT2D eigenvalue weighted by Gasteiger charge is -2.38. The molecule has 0 radical (unpaired) electrons. The van der Waals surface area contributed by atoms with E-state index < -0.39 is 0 Å². The largest absolute Gasteiger partial charge is 0.493 e. The second-order valence-electron chi connectivity index (χ2n) is 10.7. The Morgan fingerprint density at radius 1 is 1.11 bits per heavy atom. The van der Waals surface area contributed by atoms with Crippen molar-refractivity contribution in [2.75, 3.05) is 26.8 Å². The van der Waals surface area contributed by atoms with E-state index in [9.17, 15) is 4.79 Å². The van der Waals surface area contributed by atoms with E-state index in [0.29, 0.717) is 42.9 Å². The van der Waals surface area contributed by atoms with Gasteiger partial charge < -0.3 is 19.5 Å². The number of carbonyl (C=O) groups excluding carboxylic acids is 1. The molecule has 1 N–H and O–H groups in total. The molecule has 4 aliphatic rings. The highest BCUT2D eigenvalue weighted by molar-refractivity contribution is 5.95. The molecule has 4 atom stereocenters. The van der Waals surface area contributed by atoms with E-state index in [-0.39, 0.29) is 11.9 Å². The third kappa shape index (κ3) is 5.07. The second kappa shape index (κ2) is 10.6. The summed E-state index contributed by atoms with van der Waals surface area (Å²) in [4.78, 5) is 15.8. The number of para-hydroxylation sites is 1. The van der Waals surface area contributed by atoms with Crippen LogP contribution in [-0.2, 0) is 19.7 Å². The van der Waals surface area contributed by atoms with Crippen molar-refractivity contribution in [2.24, 2.45) is 11.8 Å². The van der Waals surface area contributed by atoms with Gasteiger partial charge in [-0.1, -0.05) is 23.4 Å². The third-order valence-corrected chi connectivity index (χ3v) is 8.07. The molecule has 1 saturated heterocycles. The van der Waals surface area contributed by atoms with Crippen LogP contribution in [0.1, 0.15) is 46.4 Å². The molecule has 0 spiro atoms. The first-order chi connectivity index (χ1) is 18.6. The fourth-order valence-electron chi connectivity index (χ4n) is 6.14. The van der Waals surface area contributed by atoms with Crippen molar-refractivity contribution in [2.45, 2.75) is 51.9 Å². The molecule has 7 rings (SSSR count). The van der Waals surface area contributed by atoms with Gasteiger partial charge in [0, 0.05) is 49.8 Å². The monoisotopic (exact) mass is 517 g/mol. The summed E-state index contributed by atoms with van der Waals surface area (Å²) >= 11 is 0. The highest BCUT2D eigenvalue weighted by Crippen LogP contribution is 2.39. The Labute approximate surface area is 223 Å². The average Bonchev–Trinajstić information content (AvgIpc) is 3.46. The lowest BCUT2D eigenvalue weighted by atomic mass is 9.91. The van der Waals surface area contributed by atoms with Crippen LogP contribution in [0.2, 0.25) is 0 Å². The van der Waals surface area contributed by atoms with Gasteiger partial charge in [0.25, 0.3) is 5.91 Å². The maximum Gasteiger partial charge on any atom is 0.251 e. The topological polar surface area (TPSA) is 90.7 Å². The SMILES string of the molecule is COc1cccc2c1OCc1cn(nn1)CCCOc1cc(ccc1C)C(=O)NC1[C@@H]3CC[C@H]1CN(C2)C3. The number of carbonyl (C=O) groups is 1. The van der Waals surface area contributed by atoms with Crippen LogP contribution in [0.15, 0.2) is 42.6 Å². The van der Waals surface area contributed by atoms with Crippen LogP contribution in [0.5, 0.6) is 17.2 Å². The van der Waals surface area contributed by atoms with E-state index in [1.807, 2.05) is 48.1 Å². The smallest absolute Gasteiger partial charge is 0.251 e. The Morgan fingerprint density at radius 3 is 2.76 bits per heavy atom. The van der Waals surface area contributed by atoms with Crippen LogP contribution in [0.4, 0.5) is 0 Å². The van der Waals surface area contributed by atoms with Gasteiger partial charge in [0.05, 0.1) is 19.9 Å². The zero-order valence-corrected chi connectivity index (χ0v) is 22.1. The molecule has 9 nitrogen and oxygen atoms in total. The Balaban J connectivity index is 1.28. The van der Waals surface area contributed by atoms with E-state index >= 15 is 0 Å². The molecule has 1 aromatic heterocycles. The first-order valence-electron chi connectivity index (χ1n) is 13.5. The van der Waals surface area contributed by atoms with Crippen LogP contribution < -0.4 is 19.5 Å². The van der Waals surface area contributed by atoms with Crippen LogP contribution in [0, 0.1) is 18.8 Å². The van der Waals surface area contributed by atoms with Crippen molar-refractivity contribution < 1.29 is 19.0 Å². The summed E-state index contributed by atoms with van der Waals surface area (Å²) in [6.45, 7) is 6.16. The summed E-state index contributed by atoms with van der Waals surface area (Å²) in [5.74, 6) is 3.06. The Kier molecular flexibility index (Phi) is 6.93. The molecule has 4 heterocycles. The molecule has 9 heteroatoms. The summed E-state index contributed by atoms with van der Waals surface area (Å²) in [6, 6.07) is 12.0. The number of piperidine rings is 1. The number of amides is 1. The minimum absolute atomic E-state index is 0.0188. The van der Waals surface area contributed by atoms with Gasteiger partial charge in [-0.05, 0) is 55.4 Å². The third-order valence-electron chi connectivity index (χ3n) is 8.07. The minimum atomic E-state index is -0.0188. The summed E-state index contributed by atoms with van der Waals surface area (Å²) in [6.07, 6.45) is 4.94. The average molecular weight is 518 g/mol. The molecule has 2 unspecified atom stereocenters. The van der Waals surface area contributed by atoms with Gasteiger partial charge in [-0.3, -0.25) is 14.4 Å². The fraction of sp³-hybridized carbons (Fsp3) is 0.483. The first-order valence-corrected chi connectivity index (χ1v) is 13.5. The van der Waals surface area contributed by atoms with Crippen molar-refractivity contribution in [3.8, 4) is 17.2 Å². The molecule has 3 aromatic rings. The van der Waals surface area contributed by atoms with Crippen molar-refractivity contribution in [1.29, 1.82) is 0 Å². The van der Waals surface area contributed by atoms with E-state index in [0.717, 1.165) is 67.2 Å². The molecule has 200 valence electrons. The first kappa shape index (κ1) is 24.7. The Hall–Kier alpha value is -3.59. The number of aryl methyl sites for hydroxylation is 2. The van der Waals surface area contributed by atoms with Crippen molar-refractivity contribution in [1.82, 2.24) is 25.2 Å². The van der Waals surface area contributed by atoms with Gasteiger partial charge in [0.15, 0.2) is 11.5 Å². The number of benzene rings is 2.